The molecule has 0 aliphatic carbocycles. The minimum Gasteiger partial charge on any atom is -0.396 e. The van der Waals surface area contributed by atoms with Crippen LogP contribution in [0.15, 0.2) is 30.6 Å². The van der Waals surface area contributed by atoms with Crippen LogP contribution < -0.4 is 11.1 Å². The molecule has 2 aromatic rings. The van der Waals surface area contributed by atoms with Crippen molar-refractivity contribution in [1.82, 2.24) is 14.8 Å². The monoisotopic (exact) mass is 203 g/mol. The van der Waals surface area contributed by atoms with Gasteiger partial charge in [0.15, 0.2) is 0 Å². The van der Waals surface area contributed by atoms with Crippen molar-refractivity contribution in [3.63, 3.8) is 0 Å². The first-order chi connectivity index (χ1) is 7.27. The van der Waals surface area contributed by atoms with Gasteiger partial charge in [0.25, 0.3) is 0 Å². The first-order valence-corrected chi connectivity index (χ1v) is 4.68. The van der Waals surface area contributed by atoms with Crippen LogP contribution in [-0.2, 0) is 13.6 Å². The van der Waals surface area contributed by atoms with E-state index in [-0.39, 0.29) is 0 Å². The van der Waals surface area contributed by atoms with Crippen LogP contribution in [-0.4, -0.2) is 14.8 Å². The predicted molar refractivity (Wildman–Crippen MR) is 59.2 cm³/mol. The predicted octanol–water partition coefficient (Wildman–Crippen LogP) is 1.01. The summed E-state index contributed by atoms with van der Waals surface area (Å²) in [4.78, 5) is 4.14. The highest BCUT2D eigenvalue weighted by molar-refractivity contribution is 5.60. The average Bonchev–Trinajstić information content (AvgIpc) is 2.63. The molecule has 0 radical (unpaired) electrons. The van der Waals surface area contributed by atoms with Gasteiger partial charge in [-0.05, 0) is 18.2 Å². The van der Waals surface area contributed by atoms with Crippen molar-refractivity contribution in [3.05, 3.63) is 36.3 Å². The van der Waals surface area contributed by atoms with Crippen LogP contribution in [0.2, 0.25) is 0 Å². The van der Waals surface area contributed by atoms with Gasteiger partial charge >= 0.3 is 0 Å². The van der Waals surface area contributed by atoms with Crippen LogP contribution in [0.4, 0.5) is 11.5 Å². The highest BCUT2D eigenvalue weighted by Crippen LogP contribution is 2.13. The average molecular weight is 203 g/mol. The number of nitrogens with zero attached hydrogens (tertiary/aromatic N) is 3. The van der Waals surface area contributed by atoms with E-state index in [0.717, 1.165) is 5.69 Å². The molecule has 0 amide bonds. The molecule has 78 valence electrons. The van der Waals surface area contributed by atoms with Gasteiger partial charge in [-0.3, -0.25) is 4.68 Å². The topological polar surface area (TPSA) is 68.8 Å². The summed E-state index contributed by atoms with van der Waals surface area (Å²) in [6, 6.07) is 5.58. The second kappa shape index (κ2) is 4.00. The number of rotatable bonds is 3. The van der Waals surface area contributed by atoms with E-state index in [1.54, 1.807) is 12.4 Å². The van der Waals surface area contributed by atoms with Crippen LogP contribution in [0.3, 0.4) is 0 Å². The van der Waals surface area contributed by atoms with E-state index >= 15 is 0 Å². The minimum absolute atomic E-state index is 0.652. The van der Waals surface area contributed by atoms with Crippen molar-refractivity contribution in [2.45, 2.75) is 6.54 Å². The summed E-state index contributed by atoms with van der Waals surface area (Å²) in [6.45, 7) is 0.664. The fraction of sp³-hybridized carbons (Fsp3) is 0.200. The van der Waals surface area contributed by atoms with Crippen molar-refractivity contribution in [2.24, 2.45) is 7.05 Å². The first-order valence-electron chi connectivity index (χ1n) is 4.68. The molecule has 0 saturated heterocycles. The Morgan fingerprint density at radius 1 is 1.40 bits per heavy atom. The van der Waals surface area contributed by atoms with Crippen molar-refractivity contribution in [2.75, 3.05) is 11.1 Å². The molecule has 0 spiro atoms. The SMILES string of the molecule is Cn1nccc1CNc1ncccc1N. The third-order valence-electron chi connectivity index (χ3n) is 2.20. The summed E-state index contributed by atoms with van der Waals surface area (Å²) in [6.07, 6.45) is 3.47. The molecule has 0 saturated carbocycles. The van der Waals surface area contributed by atoms with Gasteiger partial charge in [-0.15, -0.1) is 0 Å². The third-order valence-corrected chi connectivity index (χ3v) is 2.20. The molecule has 0 aliphatic heterocycles. The standard InChI is InChI=1S/C10H13N5/c1-15-8(4-6-14-15)7-13-10-9(11)3-2-5-12-10/h2-6H,7,11H2,1H3,(H,12,13). The van der Waals surface area contributed by atoms with Crippen LogP contribution in [0.5, 0.6) is 0 Å². The number of aryl methyl sites for hydroxylation is 1. The van der Waals surface area contributed by atoms with E-state index in [9.17, 15) is 0 Å². The fourth-order valence-corrected chi connectivity index (χ4v) is 1.31. The van der Waals surface area contributed by atoms with Gasteiger partial charge in [-0.25, -0.2) is 4.98 Å². The van der Waals surface area contributed by atoms with Crippen molar-refractivity contribution in [3.8, 4) is 0 Å². The zero-order valence-corrected chi connectivity index (χ0v) is 8.51. The van der Waals surface area contributed by atoms with Gasteiger partial charge in [0.05, 0.1) is 17.9 Å². The van der Waals surface area contributed by atoms with Crippen LogP contribution in [0.1, 0.15) is 5.69 Å². The maximum atomic E-state index is 5.75. The maximum Gasteiger partial charge on any atom is 0.149 e. The number of nitrogens with two attached hydrogens (primary N) is 1. The lowest BCUT2D eigenvalue weighted by atomic mass is 10.3. The lowest BCUT2D eigenvalue weighted by molar-refractivity contribution is 0.720. The lowest BCUT2D eigenvalue weighted by Gasteiger charge is -2.07. The number of nitrogen functional groups attached to an aromatic ring is 1. The smallest absolute Gasteiger partial charge is 0.149 e. The molecular weight excluding hydrogens is 190 g/mol. The van der Waals surface area contributed by atoms with E-state index in [1.165, 1.54) is 0 Å². The number of hydrogen-bond acceptors (Lipinski definition) is 4. The molecule has 15 heavy (non-hydrogen) atoms. The second-order valence-electron chi connectivity index (χ2n) is 3.24. The number of hydrogen-bond donors (Lipinski definition) is 2. The van der Waals surface area contributed by atoms with E-state index < -0.39 is 0 Å². The zero-order chi connectivity index (χ0) is 10.7. The summed E-state index contributed by atoms with van der Waals surface area (Å²) >= 11 is 0. The number of nitrogens with one attached hydrogen (secondary N) is 1. The maximum absolute atomic E-state index is 5.75. The second-order valence-corrected chi connectivity index (χ2v) is 3.24. The minimum atomic E-state index is 0.652. The lowest BCUT2D eigenvalue weighted by Crippen LogP contribution is -2.07. The molecule has 0 fully saturated rings. The molecule has 5 heteroatoms. The Morgan fingerprint density at radius 2 is 2.27 bits per heavy atom. The summed E-state index contributed by atoms with van der Waals surface area (Å²) in [5.41, 5.74) is 7.49. The van der Waals surface area contributed by atoms with E-state index in [0.29, 0.717) is 18.1 Å². The molecule has 5 nitrogen and oxygen atoms in total. The Kier molecular flexibility index (Phi) is 2.53. The van der Waals surface area contributed by atoms with E-state index in [1.807, 2.05) is 29.9 Å². The molecule has 2 rings (SSSR count). The van der Waals surface area contributed by atoms with Gasteiger partial charge in [0, 0.05) is 19.4 Å². The van der Waals surface area contributed by atoms with Crippen LogP contribution in [0, 0.1) is 0 Å². The highest BCUT2D eigenvalue weighted by atomic mass is 15.3. The Morgan fingerprint density at radius 3 is 2.93 bits per heavy atom. The summed E-state index contributed by atoms with van der Waals surface area (Å²) in [7, 11) is 1.90. The quantitative estimate of drug-likeness (QED) is 0.781. The normalized spacial score (nSPS) is 10.2. The Bertz CT molecular complexity index is 449. The van der Waals surface area contributed by atoms with Gasteiger partial charge in [0.2, 0.25) is 0 Å². The number of aromatic nitrogens is 3. The summed E-state index contributed by atoms with van der Waals surface area (Å²) in [5, 5.41) is 7.24. The van der Waals surface area contributed by atoms with E-state index in [4.69, 9.17) is 5.73 Å². The number of anilines is 2. The van der Waals surface area contributed by atoms with Crippen LogP contribution in [0.25, 0.3) is 0 Å². The molecule has 0 unspecified atom stereocenters. The molecule has 2 heterocycles. The molecule has 3 N–H and O–H groups in total. The van der Waals surface area contributed by atoms with Crippen molar-refractivity contribution >= 4 is 11.5 Å². The molecular formula is C10H13N5. The molecule has 0 aromatic carbocycles. The van der Waals surface area contributed by atoms with Gasteiger partial charge in [0.1, 0.15) is 5.82 Å². The van der Waals surface area contributed by atoms with Crippen molar-refractivity contribution in [1.29, 1.82) is 0 Å². The van der Waals surface area contributed by atoms with Gasteiger partial charge in [-0.2, -0.15) is 5.10 Å². The van der Waals surface area contributed by atoms with Gasteiger partial charge < -0.3 is 11.1 Å². The van der Waals surface area contributed by atoms with Crippen molar-refractivity contribution < 1.29 is 0 Å². The van der Waals surface area contributed by atoms with Crippen LogP contribution >= 0.6 is 0 Å². The molecule has 0 aliphatic rings. The number of pyridine rings is 1. The largest absolute Gasteiger partial charge is 0.396 e. The zero-order valence-electron chi connectivity index (χ0n) is 8.51. The van der Waals surface area contributed by atoms with Gasteiger partial charge in [-0.1, -0.05) is 0 Å². The summed E-state index contributed by atoms with van der Waals surface area (Å²) < 4.78 is 1.81. The van der Waals surface area contributed by atoms with E-state index in [2.05, 4.69) is 15.4 Å². The third kappa shape index (κ3) is 2.07. The first kappa shape index (κ1) is 9.51. The molecule has 0 atom stereocenters. The Balaban J connectivity index is 2.06. The Hall–Kier alpha value is -2.04. The highest BCUT2D eigenvalue weighted by Gasteiger charge is 2.01. The fourth-order valence-electron chi connectivity index (χ4n) is 1.31. The molecule has 2 aromatic heterocycles. The molecule has 0 bridgehead atoms. The Labute approximate surface area is 87.9 Å². The summed E-state index contributed by atoms with van der Waals surface area (Å²) in [5.74, 6) is 0.707.